The molecular formula is C28H51ClN8O4. The number of halogens is 1. The van der Waals surface area contributed by atoms with E-state index in [2.05, 4.69) is 37.0 Å². The Morgan fingerprint density at radius 1 is 1.07 bits per heavy atom. The summed E-state index contributed by atoms with van der Waals surface area (Å²) in [4.78, 5) is 28.7. The number of β-amino-alcohol motifs (C(OH)–C–C–N with tert-alkyl or cyclic N) is 1. The number of fused-ring (bicyclic) bond motifs is 1. The van der Waals surface area contributed by atoms with Crippen molar-refractivity contribution in [1.29, 1.82) is 0 Å². The quantitative estimate of drug-likeness (QED) is 0.152. The Morgan fingerprint density at radius 2 is 1.85 bits per heavy atom. The van der Waals surface area contributed by atoms with Gasteiger partial charge in [0.25, 0.3) is 0 Å². The second-order valence-corrected chi connectivity index (χ2v) is 13.3. The fourth-order valence-electron chi connectivity index (χ4n) is 7.27. The fraction of sp³-hybridized carbons (Fsp3) is 0.929. The Balaban J connectivity index is 0.976. The highest BCUT2D eigenvalue weighted by Gasteiger charge is 2.42. The molecule has 4 saturated heterocycles. The molecule has 234 valence electrons. The van der Waals surface area contributed by atoms with E-state index >= 15 is 0 Å². The number of alkyl halides is 1. The van der Waals surface area contributed by atoms with Gasteiger partial charge in [0, 0.05) is 77.8 Å². The summed E-state index contributed by atoms with van der Waals surface area (Å²) in [6.07, 6.45) is 5.14. The lowest BCUT2D eigenvalue weighted by Gasteiger charge is -2.46. The number of amides is 2. The summed E-state index contributed by atoms with van der Waals surface area (Å²) >= 11 is 6.93. The highest BCUT2D eigenvalue weighted by molar-refractivity contribution is 6.21. The van der Waals surface area contributed by atoms with E-state index < -0.39 is 6.10 Å². The minimum absolute atomic E-state index is 0.0371. The van der Waals surface area contributed by atoms with Crippen LogP contribution in [0.3, 0.4) is 0 Å². The maximum atomic E-state index is 12.9. The molecule has 0 aromatic heterocycles. The third kappa shape index (κ3) is 8.73. The molecule has 7 N–H and O–H groups in total. The van der Waals surface area contributed by atoms with Gasteiger partial charge in [-0.25, -0.2) is 0 Å². The number of ether oxygens (including phenoxy) is 1. The SMILES string of the molecule is CC(=O)N1CCC(NC2CC(C(=O)NC[C@H](O)CN3CCC4C(CCC(OCC5CNNC5)C4Cl)C3)NCN2)CC1. The van der Waals surface area contributed by atoms with Crippen molar-refractivity contribution >= 4 is 23.4 Å². The van der Waals surface area contributed by atoms with Gasteiger partial charge in [-0.2, -0.15) is 0 Å². The first-order valence-electron chi connectivity index (χ1n) is 15.7. The first-order chi connectivity index (χ1) is 19.9. The van der Waals surface area contributed by atoms with Gasteiger partial charge >= 0.3 is 0 Å². The predicted molar refractivity (Wildman–Crippen MR) is 157 cm³/mol. The second kappa shape index (κ2) is 15.1. The zero-order valence-corrected chi connectivity index (χ0v) is 25.2. The van der Waals surface area contributed by atoms with Crippen molar-refractivity contribution < 1.29 is 19.4 Å². The van der Waals surface area contributed by atoms with E-state index in [-0.39, 0.29) is 42.0 Å². The summed E-state index contributed by atoms with van der Waals surface area (Å²) < 4.78 is 6.25. The van der Waals surface area contributed by atoms with Crippen LogP contribution in [0.4, 0.5) is 0 Å². The molecule has 0 bridgehead atoms. The maximum absolute atomic E-state index is 12.9. The number of hydrazine groups is 1. The molecule has 4 aliphatic heterocycles. The monoisotopic (exact) mass is 598 g/mol. The number of aliphatic hydroxyl groups excluding tert-OH is 1. The molecule has 5 rings (SSSR count). The number of likely N-dealkylation sites (tertiary alicyclic amines) is 2. The van der Waals surface area contributed by atoms with Crippen molar-refractivity contribution in [2.45, 2.75) is 81.3 Å². The van der Waals surface area contributed by atoms with Crippen molar-refractivity contribution in [3.63, 3.8) is 0 Å². The number of hydrogen-bond donors (Lipinski definition) is 7. The summed E-state index contributed by atoms with van der Waals surface area (Å²) in [6, 6.07) is 0.0211. The topological polar surface area (TPSA) is 142 Å². The van der Waals surface area contributed by atoms with Crippen molar-refractivity contribution in [3.8, 4) is 0 Å². The Kier molecular flexibility index (Phi) is 11.5. The highest BCUT2D eigenvalue weighted by Crippen LogP contribution is 2.40. The van der Waals surface area contributed by atoms with E-state index in [0.717, 1.165) is 78.0 Å². The van der Waals surface area contributed by atoms with Gasteiger partial charge in [0.15, 0.2) is 0 Å². The molecule has 0 radical (unpaired) electrons. The number of carbonyl (C=O) groups excluding carboxylic acids is 2. The Morgan fingerprint density at radius 3 is 2.61 bits per heavy atom. The third-order valence-corrected chi connectivity index (χ3v) is 10.4. The molecule has 0 spiro atoms. The molecule has 1 aliphatic carbocycles. The average Bonchev–Trinajstić information content (AvgIpc) is 3.50. The third-order valence-electron chi connectivity index (χ3n) is 9.76. The van der Waals surface area contributed by atoms with Crippen molar-refractivity contribution in [2.75, 3.05) is 65.6 Å². The van der Waals surface area contributed by atoms with Gasteiger partial charge in [-0.1, -0.05) is 0 Å². The van der Waals surface area contributed by atoms with Crippen LogP contribution >= 0.6 is 11.6 Å². The molecule has 5 aliphatic rings. The molecule has 0 aromatic carbocycles. The van der Waals surface area contributed by atoms with E-state index in [9.17, 15) is 14.7 Å². The lowest BCUT2D eigenvalue weighted by molar-refractivity contribution is -0.130. The van der Waals surface area contributed by atoms with Crippen LogP contribution in [0, 0.1) is 17.8 Å². The standard InChI is InChI=1S/C28H51ClN8O4/c1-18(38)37-8-4-21(5-9-37)35-26-10-24(31-17-32-26)28(40)30-13-22(39)15-36-7-6-23-20(14-36)2-3-25(27(23)29)41-16-19-11-33-34-12-19/h19-27,31-35,39H,2-17H2,1H3,(H,30,40)/t20?,22-,23?,24?,25?,26?,27?/m0/s1. The number of hydrogen-bond acceptors (Lipinski definition) is 10. The van der Waals surface area contributed by atoms with Crippen LogP contribution in [0.2, 0.25) is 0 Å². The molecule has 4 heterocycles. The summed E-state index contributed by atoms with van der Waals surface area (Å²) in [7, 11) is 0. The van der Waals surface area contributed by atoms with Gasteiger partial charge in [-0.05, 0) is 50.5 Å². The van der Waals surface area contributed by atoms with E-state index in [1.165, 1.54) is 0 Å². The van der Waals surface area contributed by atoms with Gasteiger partial charge in [0.05, 0.1) is 36.4 Å². The molecule has 2 amide bonds. The van der Waals surface area contributed by atoms with Gasteiger partial charge in [0.1, 0.15) is 0 Å². The minimum atomic E-state index is -0.613. The van der Waals surface area contributed by atoms with Crippen molar-refractivity contribution in [2.24, 2.45) is 17.8 Å². The second-order valence-electron chi connectivity index (χ2n) is 12.8. The normalized spacial score (nSPS) is 34.8. The molecule has 6 unspecified atom stereocenters. The van der Waals surface area contributed by atoms with E-state index in [1.807, 2.05) is 4.90 Å². The lowest BCUT2D eigenvalue weighted by Crippen LogP contribution is -2.62. The van der Waals surface area contributed by atoms with Crippen LogP contribution < -0.4 is 32.1 Å². The summed E-state index contributed by atoms with van der Waals surface area (Å²) in [5.74, 6) is 1.55. The maximum Gasteiger partial charge on any atom is 0.237 e. The summed E-state index contributed by atoms with van der Waals surface area (Å²) in [5, 5.41) is 24.0. The van der Waals surface area contributed by atoms with E-state index in [1.54, 1.807) is 6.92 Å². The van der Waals surface area contributed by atoms with Crippen LogP contribution in [-0.4, -0.2) is 128 Å². The number of nitrogens with one attached hydrogen (secondary N) is 6. The van der Waals surface area contributed by atoms with Crippen LogP contribution in [0.15, 0.2) is 0 Å². The molecule has 1 saturated carbocycles. The van der Waals surface area contributed by atoms with E-state index in [0.29, 0.717) is 43.4 Å². The van der Waals surface area contributed by atoms with Gasteiger partial charge in [0.2, 0.25) is 11.8 Å². The molecule has 0 aromatic rings. The van der Waals surface area contributed by atoms with Crippen molar-refractivity contribution in [1.82, 2.24) is 41.9 Å². The Labute approximate surface area is 249 Å². The average molecular weight is 599 g/mol. The minimum Gasteiger partial charge on any atom is -0.390 e. The number of aliphatic hydroxyl groups is 1. The van der Waals surface area contributed by atoms with Crippen molar-refractivity contribution in [3.05, 3.63) is 0 Å². The predicted octanol–water partition coefficient (Wildman–Crippen LogP) is -1.25. The molecule has 12 nitrogen and oxygen atoms in total. The number of carbonyl (C=O) groups is 2. The Hall–Kier alpha value is -1.09. The molecule has 5 fully saturated rings. The first kappa shape index (κ1) is 31.3. The fourth-order valence-corrected chi connectivity index (χ4v) is 7.80. The molecule has 7 atom stereocenters. The van der Waals surface area contributed by atoms with Crippen LogP contribution in [0.25, 0.3) is 0 Å². The van der Waals surface area contributed by atoms with Crippen LogP contribution in [0.1, 0.15) is 45.4 Å². The summed E-state index contributed by atoms with van der Waals surface area (Å²) in [6.45, 7) is 9.00. The Bertz CT molecular complexity index is 859. The summed E-state index contributed by atoms with van der Waals surface area (Å²) in [5.41, 5.74) is 6.32. The molecule has 13 heteroatoms. The zero-order chi connectivity index (χ0) is 28.8. The first-order valence-corrected chi connectivity index (χ1v) is 16.2. The number of nitrogens with zero attached hydrogens (tertiary/aromatic N) is 2. The smallest absolute Gasteiger partial charge is 0.237 e. The van der Waals surface area contributed by atoms with Gasteiger partial charge < -0.3 is 25.0 Å². The van der Waals surface area contributed by atoms with Gasteiger partial charge in [-0.3, -0.25) is 36.4 Å². The van der Waals surface area contributed by atoms with Gasteiger partial charge in [-0.15, -0.1) is 11.6 Å². The highest BCUT2D eigenvalue weighted by atomic mass is 35.5. The van der Waals surface area contributed by atoms with Crippen LogP contribution in [0.5, 0.6) is 0 Å². The zero-order valence-electron chi connectivity index (χ0n) is 24.5. The van der Waals surface area contributed by atoms with Crippen LogP contribution in [-0.2, 0) is 14.3 Å². The number of rotatable bonds is 10. The number of piperidine rings is 2. The molecular weight excluding hydrogens is 548 g/mol. The lowest BCUT2D eigenvalue weighted by atomic mass is 9.73. The molecule has 41 heavy (non-hydrogen) atoms. The van der Waals surface area contributed by atoms with E-state index in [4.69, 9.17) is 16.3 Å². The largest absolute Gasteiger partial charge is 0.390 e.